The molecule has 1 N–H and O–H groups in total. The number of nitrogens with zero attached hydrogens (tertiary/aromatic N) is 5. The van der Waals surface area contributed by atoms with Gasteiger partial charge in [-0.1, -0.05) is 13.8 Å². The Morgan fingerprint density at radius 3 is 2.42 bits per heavy atom. The number of nitrogens with one attached hydrogen (secondary N) is 1. The van der Waals surface area contributed by atoms with E-state index in [1.54, 1.807) is 41.9 Å². The molecule has 0 saturated carbocycles. The number of benzene rings is 1. The third-order valence-electron chi connectivity index (χ3n) is 3.93. The summed E-state index contributed by atoms with van der Waals surface area (Å²) < 4.78 is 3.76. The van der Waals surface area contributed by atoms with Crippen molar-refractivity contribution in [2.45, 2.75) is 26.4 Å². The molecule has 7 heteroatoms. The summed E-state index contributed by atoms with van der Waals surface area (Å²) in [6.07, 6.45) is 8.64. The zero-order valence-corrected chi connectivity index (χ0v) is 13.7. The molecule has 1 amide bonds. The second kappa shape index (κ2) is 7.08. The van der Waals surface area contributed by atoms with E-state index in [0.29, 0.717) is 18.0 Å². The molecule has 7 nitrogen and oxygen atoms in total. The third kappa shape index (κ3) is 3.68. The first-order valence-electron chi connectivity index (χ1n) is 7.85. The van der Waals surface area contributed by atoms with Crippen molar-refractivity contribution in [2.75, 3.05) is 0 Å². The molecule has 0 radical (unpaired) electrons. The van der Waals surface area contributed by atoms with Gasteiger partial charge >= 0.3 is 0 Å². The summed E-state index contributed by atoms with van der Waals surface area (Å²) >= 11 is 0. The summed E-state index contributed by atoms with van der Waals surface area (Å²) in [6.45, 7) is 4.89. The van der Waals surface area contributed by atoms with Crippen LogP contribution in [0.4, 0.5) is 0 Å². The Bertz CT molecular complexity index is 762. The van der Waals surface area contributed by atoms with Crippen molar-refractivity contribution in [3.8, 4) is 5.69 Å². The highest BCUT2D eigenvalue weighted by atomic mass is 16.1. The lowest BCUT2D eigenvalue weighted by atomic mass is 10.0. The number of imidazole rings is 1. The second-order valence-electron chi connectivity index (χ2n) is 6.00. The Labute approximate surface area is 140 Å². The van der Waals surface area contributed by atoms with Crippen LogP contribution in [-0.4, -0.2) is 36.3 Å². The van der Waals surface area contributed by atoms with Gasteiger partial charge in [0.25, 0.3) is 5.91 Å². The molecule has 1 aromatic carbocycles. The Hall–Kier alpha value is -2.96. The highest BCUT2D eigenvalue weighted by Crippen LogP contribution is 2.11. The topological polar surface area (TPSA) is 77.6 Å². The molecule has 124 valence electrons. The molecular weight excluding hydrogens is 304 g/mol. The largest absolute Gasteiger partial charge is 0.347 e. The molecule has 2 heterocycles. The lowest BCUT2D eigenvalue weighted by molar-refractivity contribution is 0.0920. The molecule has 0 bridgehead atoms. The van der Waals surface area contributed by atoms with Gasteiger partial charge in [-0.25, -0.2) is 4.98 Å². The Morgan fingerprint density at radius 2 is 1.83 bits per heavy atom. The number of hydrogen-bond donors (Lipinski definition) is 1. The first kappa shape index (κ1) is 15.9. The fourth-order valence-corrected chi connectivity index (χ4v) is 2.42. The van der Waals surface area contributed by atoms with Crippen molar-refractivity contribution in [1.82, 2.24) is 29.6 Å². The minimum absolute atomic E-state index is 0.0317. The fraction of sp³-hybridized carbons (Fsp3) is 0.294. The highest BCUT2D eigenvalue weighted by Gasteiger charge is 2.17. The molecule has 1 atom stereocenters. The second-order valence-corrected chi connectivity index (χ2v) is 6.00. The van der Waals surface area contributed by atoms with E-state index in [1.807, 2.05) is 22.9 Å². The van der Waals surface area contributed by atoms with E-state index >= 15 is 0 Å². The molecule has 24 heavy (non-hydrogen) atoms. The standard InChI is InChI=1S/C17H20N6O/c1-13(2)16(9-22-8-7-18-10-22)21-17(24)14-3-5-15(6-4-14)23-11-19-20-12-23/h3-8,10-13,16H,9H2,1-2H3,(H,21,24). The molecule has 0 aliphatic heterocycles. The molecular formula is C17H20N6O. The number of aromatic nitrogens is 5. The van der Waals surface area contributed by atoms with Crippen LogP contribution in [0.3, 0.4) is 0 Å². The van der Waals surface area contributed by atoms with Crippen LogP contribution in [0.15, 0.2) is 55.6 Å². The van der Waals surface area contributed by atoms with Gasteiger partial charge in [0.05, 0.1) is 6.33 Å². The molecule has 1 unspecified atom stereocenters. The predicted octanol–water partition coefficient (Wildman–Crippen LogP) is 1.92. The van der Waals surface area contributed by atoms with Gasteiger partial charge in [-0.05, 0) is 30.2 Å². The third-order valence-corrected chi connectivity index (χ3v) is 3.93. The van der Waals surface area contributed by atoms with Crippen molar-refractivity contribution in [3.05, 3.63) is 61.2 Å². The van der Waals surface area contributed by atoms with Crippen molar-refractivity contribution in [1.29, 1.82) is 0 Å². The van der Waals surface area contributed by atoms with Crippen LogP contribution in [-0.2, 0) is 6.54 Å². The predicted molar refractivity (Wildman–Crippen MR) is 89.7 cm³/mol. The average molecular weight is 324 g/mol. The van der Waals surface area contributed by atoms with Crippen molar-refractivity contribution >= 4 is 5.91 Å². The van der Waals surface area contributed by atoms with Gasteiger partial charge < -0.3 is 9.88 Å². The van der Waals surface area contributed by atoms with Crippen molar-refractivity contribution in [3.63, 3.8) is 0 Å². The number of amides is 1. The summed E-state index contributed by atoms with van der Waals surface area (Å²) in [7, 11) is 0. The highest BCUT2D eigenvalue weighted by molar-refractivity contribution is 5.94. The number of carbonyl (C=O) groups is 1. The fourth-order valence-electron chi connectivity index (χ4n) is 2.42. The SMILES string of the molecule is CC(C)C(Cn1ccnc1)NC(=O)c1ccc(-n2cnnc2)cc1. The summed E-state index contributed by atoms with van der Waals surface area (Å²) in [5, 5.41) is 10.7. The lowest BCUT2D eigenvalue weighted by Gasteiger charge is -2.23. The lowest BCUT2D eigenvalue weighted by Crippen LogP contribution is -2.41. The van der Waals surface area contributed by atoms with E-state index in [9.17, 15) is 4.79 Å². The minimum atomic E-state index is -0.0795. The first-order chi connectivity index (χ1) is 11.6. The molecule has 0 spiro atoms. The summed E-state index contributed by atoms with van der Waals surface area (Å²) in [6, 6.07) is 7.39. The van der Waals surface area contributed by atoms with Crippen LogP contribution in [0.1, 0.15) is 24.2 Å². The maximum atomic E-state index is 12.5. The van der Waals surface area contributed by atoms with Gasteiger partial charge in [0.2, 0.25) is 0 Å². The van der Waals surface area contributed by atoms with E-state index in [4.69, 9.17) is 0 Å². The molecule has 0 aliphatic rings. The summed E-state index contributed by atoms with van der Waals surface area (Å²) in [5.74, 6) is 0.233. The van der Waals surface area contributed by atoms with Gasteiger partial charge in [-0.2, -0.15) is 0 Å². The van der Waals surface area contributed by atoms with Crippen LogP contribution in [0.25, 0.3) is 5.69 Å². The number of carbonyl (C=O) groups excluding carboxylic acids is 1. The Morgan fingerprint density at radius 1 is 1.12 bits per heavy atom. The summed E-state index contributed by atoms with van der Waals surface area (Å²) in [4.78, 5) is 16.6. The molecule has 3 rings (SSSR count). The van der Waals surface area contributed by atoms with E-state index < -0.39 is 0 Å². The van der Waals surface area contributed by atoms with Crippen molar-refractivity contribution in [2.24, 2.45) is 5.92 Å². The van der Waals surface area contributed by atoms with E-state index in [2.05, 4.69) is 34.3 Å². The van der Waals surface area contributed by atoms with Crippen LogP contribution >= 0.6 is 0 Å². The summed E-state index contributed by atoms with van der Waals surface area (Å²) in [5.41, 5.74) is 1.54. The number of rotatable bonds is 6. The van der Waals surface area contributed by atoms with Gasteiger partial charge in [-0.3, -0.25) is 9.36 Å². The smallest absolute Gasteiger partial charge is 0.251 e. The van der Waals surface area contributed by atoms with Crippen molar-refractivity contribution < 1.29 is 4.79 Å². The molecule has 0 fully saturated rings. The zero-order chi connectivity index (χ0) is 16.9. The average Bonchev–Trinajstić information content (AvgIpc) is 3.28. The van der Waals surface area contributed by atoms with Gasteiger partial charge in [0.15, 0.2) is 0 Å². The minimum Gasteiger partial charge on any atom is -0.347 e. The molecule has 2 aromatic heterocycles. The van der Waals surface area contributed by atoms with Crippen LogP contribution in [0.5, 0.6) is 0 Å². The van der Waals surface area contributed by atoms with Gasteiger partial charge in [0.1, 0.15) is 12.7 Å². The normalized spacial score (nSPS) is 12.3. The molecule has 0 saturated heterocycles. The van der Waals surface area contributed by atoms with E-state index in [1.165, 1.54) is 0 Å². The van der Waals surface area contributed by atoms with Crippen LogP contribution in [0, 0.1) is 5.92 Å². The number of hydrogen-bond acceptors (Lipinski definition) is 4. The Balaban J connectivity index is 1.68. The van der Waals surface area contributed by atoms with Gasteiger partial charge in [-0.15, -0.1) is 10.2 Å². The van der Waals surface area contributed by atoms with Crippen LogP contribution in [0.2, 0.25) is 0 Å². The quantitative estimate of drug-likeness (QED) is 0.751. The van der Waals surface area contributed by atoms with E-state index in [0.717, 1.165) is 5.69 Å². The Kier molecular flexibility index (Phi) is 4.69. The van der Waals surface area contributed by atoms with Gasteiger partial charge in [0, 0.05) is 36.2 Å². The first-order valence-corrected chi connectivity index (χ1v) is 7.85. The molecule has 0 aliphatic carbocycles. The monoisotopic (exact) mass is 324 g/mol. The van der Waals surface area contributed by atoms with Crippen LogP contribution < -0.4 is 5.32 Å². The van der Waals surface area contributed by atoms with E-state index in [-0.39, 0.29) is 11.9 Å². The molecule has 3 aromatic rings. The zero-order valence-electron chi connectivity index (χ0n) is 13.7. The maximum absolute atomic E-state index is 12.5. The maximum Gasteiger partial charge on any atom is 0.251 e.